The van der Waals surface area contributed by atoms with Crippen LogP contribution in [0.15, 0.2) is 127 Å². The first-order valence-corrected chi connectivity index (χ1v) is 18.6. The van der Waals surface area contributed by atoms with Gasteiger partial charge in [-0.2, -0.15) is 0 Å². The zero-order chi connectivity index (χ0) is 35.7. The Kier molecular flexibility index (Phi) is 7.87. The van der Waals surface area contributed by atoms with Gasteiger partial charge in [-0.05, 0) is 114 Å². The Morgan fingerprint density at radius 2 is 0.804 bits per heavy atom. The Bertz CT molecular complexity index is 2620. The van der Waals surface area contributed by atoms with Crippen molar-refractivity contribution in [1.29, 1.82) is 0 Å². The second kappa shape index (κ2) is 12.2. The molecule has 3 heterocycles. The fourth-order valence-electron chi connectivity index (χ4n) is 8.34. The van der Waals surface area contributed by atoms with Gasteiger partial charge in [-0.1, -0.05) is 92.7 Å². The molecule has 6 aromatic carbocycles. The number of hydrogen-bond donors (Lipinski definition) is 0. The van der Waals surface area contributed by atoms with Crippen LogP contribution in [0.4, 0.5) is 0 Å². The summed E-state index contributed by atoms with van der Waals surface area (Å²) in [5.41, 5.74) is 11.9. The molecule has 0 N–H and O–H groups in total. The van der Waals surface area contributed by atoms with Crippen LogP contribution in [0.2, 0.25) is 0 Å². The largest absolute Gasteiger partial charge is 0.335 e. The number of benzene rings is 6. The van der Waals surface area contributed by atoms with Crippen LogP contribution in [0.25, 0.3) is 71.1 Å². The first-order chi connectivity index (χ1) is 24.5. The van der Waals surface area contributed by atoms with Crippen molar-refractivity contribution < 1.29 is 0 Å². The van der Waals surface area contributed by atoms with E-state index in [9.17, 15) is 0 Å². The van der Waals surface area contributed by atoms with Crippen LogP contribution in [-0.2, 0) is 23.9 Å². The van der Waals surface area contributed by atoms with E-state index in [0.29, 0.717) is 0 Å². The molecular weight excluding hydrogens is 619 g/mol. The van der Waals surface area contributed by atoms with Crippen molar-refractivity contribution in [2.75, 3.05) is 0 Å². The Morgan fingerprint density at radius 3 is 1.27 bits per heavy atom. The molecule has 0 saturated heterocycles. The highest BCUT2D eigenvalue weighted by Gasteiger charge is 2.24. The summed E-state index contributed by atoms with van der Waals surface area (Å²) >= 11 is 0. The van der Waals surface area contributed by atoms with Crippen LogP contribution in [0, 0.1) is 0 Å². The van der Waals surface area contributed by atoms with E-state index in [0.717, 1.165) is 12.8 Å². The highest BCUT2D eigenvalue weighted by Crippen LogP contribution is 2.40. The average molecular weight is 668 g/mol. The van der Waals surface area contributed by atoms with Gasteiger partial charge in [0.05, 0.1) is 22.2 Å². The first-order valence-electron chi connectivity index (χ1n) is 18.6. The van der Waals surface area contributed by atoms with E-state index in [1.807, 2.05) is 0 Å². The van der Waals surface area contributed by atoms with Crippen LogP contribution >= 0.6 is 0 Å². The summed E-state index contributed by atoms with van der Waals surface area (Å²) in [7, 11) is 0. The molecule has 0 bridgehead atoms. The van der Waals surface area contributed by atoms with Gasteiger partial charge in [0.25, 0.3) is 0 Å². The van der Waals surface area contributed by atoms with Crippen LogP contribution in [0.5, 0.6) is 0 Å². The molecule has 0 atom stereocenters. The number of nitrogens with zero attached hydrogens (tertiary/aromatic N) is 3. The molecule has 3 nitrogen and oxygen atoms in total. The van der Waals surface area contributed by atoms with Gasteiger partial charge in [-0.15, -0.1) is 0 Å². The summed E-state index contributed by atoms with van der Waals surface area (Å²) in [4.78, 5) is 0. The van der Waals surface area contributed by atoms with Gasteiger partial charge in [0.15, 0.2) is 0 Å². The molecule has 9 rings (SSSR count). The maximum absolute atomic E-state index is 2.51. The molecule has 0 unspecified atom stereocenters. The molecule has 0 amide bonds. The Balaban J connectivity index is 0.000000157. The summed E-state index contributed by atoms with van der Waals surface area (Å²) in [6.07, 6.45) is 2.18. The fourth-order valence-corrected chi connectivity index (χ4v) is 8.34. The van der Waals surface area contributed by atoms with Crippen LogP contribution < -0.4 is 0 Å². The lowest BCUT2D eigenvalue weighted by molar-refractivity contribution is 0.423. The molecule has 0 aliphatic rings. The first kappa shape index (κ1) is 32.9. The van der Waals surface area contributed by atoms with Crippen molar-refractivity contribution in [2.45, 2.75) is 79.3 Å². The van der Waals surface area contributed by atoms with E-state index >= 15 is 0 Å². The number of rotatable bonds is 3. The maximum Gasteiger partial charge on any atom is 0.0741 e. The topological polar surface area (TPSA) is 14.8 Å². The van der Waals surface area contributed by atoms with Crippen molar-refractivity contribution in [3.63, 3.8) is 0 Å². The quantitative estimate of drug-likeness (QED) is 0.178. The molecule has 0 saturated carbocycles. The lowest BCUT2D eigenvalue weighted by atomic mass is 10.1. The molecular formula is C48H49N3. The standard InChI is InChI=1S/C28H24N2.C20H25N/c1-28(2,3)30-25-17-9-6-13-21(25)22-14-10-18-26(27(22)30)29-23-15-7-4-11-19(23)20-12-5-8-16-24(20)29;1-6-14-8-10-18-16(12-14)17-13-15(7-2)9-11-19(17)21(18)20(3,4)5/h4-18H,1-3H3;8-13H,6-7H2,1-5H3. The predicted molar refractivity (Wildman–Crippen MR) is 222 cm³/mol. The Labute approximate surface area is 301 Å². The van der Waals surface area contributed by atoms with E-state index in [2.05, 4.69) is 196 Å². The number of hydrogen-bond acceptors (Lipinski definition) is 0. The molecule has 256 valence electrons. The molecule has 0 radical (unpaired) electrons. The third-order valence-electron chi connectivity index (χ3n) is 10.5. The lowest BCUT2D eigenvalue weighted by Gasteiger charge is -2.25. The smallest absolute Gasteiger partial charge is 0.0741 e. The molecule has 0 aliphatic carbocycles. The predicted octanol–water partition coefficient (Wildman–Crippen LogP) is 13.3. The number of fused-ring (bicyclic) bond motifs is 9. The van der Waals surface area contributed by atoms with Crippen molar-refractivity contribution in [3.8, 4) is 5.69 Å². The normalized spacial score (nSPS) is 12.5. The molecule has 0 fully saturated rings. The highest BCUT2D eigenvalue weighted by molar-refractivity contribution is 6.14. The monoisotopic (exact) mass is 667 g/mol. The zero-order valence-corrected chi connectivity index (χ0v) is 31.4. The van der Waals surface area contributed by atoms with Gasteiger partial charge in [0.2, 0.25) is 0 Å². The highest BCUT2D eigenvalue weighted by atomic mass is 15.1. The number of para-hydroxylation sites is 4. The van der Waals surface area contributed by atoms with Crippen LogP contribution in [-0.4, -0.2) is 13.7 Å². The fraction of sp³-hybridized carbons (Fsp3) is 0.250. The zero-order valence-electron chi connectivity index (χ0n) is 31.4. The van der Waals surface area contributed by atoms with E-state index in [1.54, 1.807) is 0 Å². The van der Waals surface area contributed by atoms with Gasteiger partial charge in [-0.25, -0.2) is 0 Å². The molecule has 3 heteroatoms. The lowest BCUT2D eigenvalue weighted by Crippen LogP contribution is -2.22. The third kappa shape index (κ3) is 5.33. The average Bonchev–Trinajstić information content (AvgIpc) is 3.77. The molecule has 51 heavy (non-hydrogen) atoms. The minimum atomic E-state index is -0.0454. The van der Waals surface area contributed by atoms with Crippen LogP contribution in [0.1, 0.15) is 66.5 Å². The Hall–Kier alpha value is -5.28. The minimum absolute atomic E-state index is 0.0454. The van der Waals surface area contributed by atoms with E-state index in [4.69, 9.17) is 0 Å². The van der Waals surface area contributed by atoms with E-state index in [-0.39, 0.29) is 11.1 Å². The van der Waals surface area contributed by atoms with Crippen molar-refractivity contribution >= 4 is 65.4 Å². The second-order valence-electron chi connectivity index (χ2n) is 16.0. The van der Waals surface area contributed by atoms with Crippen LogP contribution in [0.3, 0.4) is 0 Å². The van der Waals surface area contributed by atoms with E-state index in [1.165, 1.54) is 82.2 Å². The van der Waals surface area contributed by atoms with Crippen molar-refractivity contribution in [1.82, 2.24) is 13.7 Å². The van der Waals surface area contributed by atoms with Gasteiger partial charge < -0.3 is 13.7 Å². The van der Waals surface area contributed by atoms with Gasteiger partial charge in [0.1, 0.15) is 0 Å². The maximum atomic E-state index is 2.51. The summed E-state index contributed by atoms with van der Waals surface area (Å²) in [5.74, 6) is 0. The molecule has 0 spiro atoms. The SMILES string of the molecule is CC(C)(C)n1c2ccccc2c2cccc(-n3c4ccccc4c4ccccc43)c21.CCc1ccc2c(c1)c1cc(CC)ccc1n2C(C)(C)C. The molecule has 0 aliphatic heterocycles. The second-order valence-corrected chi connectivity index (χ2v) is 16.0. The number of aromatic nitrogens is 3. The summed E-state index contributed by atoms with van der Waals surface area (Å²) < 4.78 is 7.43. The van der Waals surface area contributed by atoms with E-state index < -0.39 is 0 Å². The van der Waals surface area contributed by atoms with Gasteiger partial charge in [0, 0.05) is 59.9 Å². The molecule has 9 aromatic rings. The molecule has 3 aromatic heterocycles. The third-order valence-corrected chi connectivity index (χ3v) is 10.5. The van der Waals surface area contributed by atoms with Crippen molar-refractivity contribution in [2.24, 2.45) is 0 Å². The number of aryl methyl sites for hydroxylation is 2. The van der Waals surface area contributed by atoms with Gasteiger partial charge >= 0.3 is 0 Å². The summed E-state index contributed by atoms with van der Waals surface area (Å²) in [5, 5.41) is 8.00. The Morgan fingerprint density at radius 1 is 0.392 bits per heavy atom. The summed E-state index contributed by atoms with van der Waals surface area (Å²) in [6.45, 7) is 18.2. The van der Waals surface area contributed by atoms with Gasteiger partial charge in [-0.3, -0.25) is 0 Å². The summed E-state index contributed by atoms with van der Waals surface area (Å²) in [6, 6.07) is 46.8. The minimum Gasteiger partial charge on any atom is -0.335 e. The van der Waals surface area contributed by atoms with Crippen molar-refractivity contribution in [3.05, 3.63) is 139 Å².